The maximum absolute atomic E-state index is 11.9. The van der Waals surface area contributed by atoms with Gasteiger partial charge < -0.3 is 10.1 Å². The van der Waals surface area contributed by atoms with Crippen LogP contribution in [0, 0.1) is 12.8 Å². The number of hydrogen-bond donors (Lipinski definition) is 1. The lowest BCUT2D eigenvalue weighted by atomic mass is 10.0. The minimum atomic E-state index is -0.621. The fourth-order valence-corrected chi connectivity index (χ4v) is 2.12. The van der Waals surface area contributed by atoms with E-state index in [2.05, 4.69) is 15.0 Å². The number of rotatable bonds is 5. The number of nitrogens with one attached hydrogen (secondary N) is 1. The normalized spacial score (nSPS) is 12.3. The summed E-state index contributed by atoms with van der Waals surface area (Å²) in [5, 5.41) is 5.15. The highest BCUT2D eigenvalue weighted by Gasteiger charge is 2.23. The van der Waals surface area contributed by atoms with Crippen molar-refractivity contribution in [3.8, 4) is 0 Å². The Morgan fingerprint density at radius 2 is 2.17 bits per heavy atom. The quantitative estimate of drug-likeness (QED) is 0.828. The predicted molar refractivity (Wildman–Crippen MR) is 69.6 cm³/mol. The smallest absolute Gasteiger partial charge is 0.328 e. The highest BCUT2D eigenvalue weighted by molar-refractivity contribution is 7.09. The van der Waals surface area contributed by atoms with E-state index in [0.717, 1.165) is 5.01 Å². The molecule has 1 N–H and O–H groups in total. The molecule has 100 valence electrons. The molecule has 1 aromatic rings. The van der Waals surface area contributed by atoms with Crippen molar-refractivity contribution in [2.24, 2.45) is 5.92 Å². The Morgan fingerprint density at radius 3 is 2.61 bits per heavy atom. The Balaban J connectivity index is 2.71. The lowest BCUT2D eigenvalue weighted by Crippen LogP contribution is -2.42. The number of thiazole rings is 1. The zero-order valence-corrected chi connectivity index (χ0v) is 11.8. The number of aryl methyl sites for hydroxylation is 1. The van der Waals surface area contributed by atoms with E-state index in [9.17, 15) is 9.59 Å². The first-order chi connectivity index (χ1) is 8.43. The standard InChI is InChI=1S/C12H18N2O3S/c1-7(2)5-9(12(16)17-4)14-11(15)10-6-18-8(3)13-10/h6-7,9H,5H2,1-4H3,(H,14,15). The summed E-state index contributed by atoms with van der Waals surface area (Å²) >= 11 is 1.40. The molecule has 0 radical (unpaired) electrons. The van der Waals surface area contributed by atoms with Gasteiger partial charge in [0.15, 0.2) is 0 Å². The zero-order chi connectivity index (χ0) is 13.7. The molecule has 1 heterocycles. The third-order valence-corrected chi connectivity index (χ3v) is 3.12. The number of amides is 1. The third-order valence-electron chi connectivity index (χ3n) is 2.35. The lowest BCUT2D eigenvalue weighted by molar-refractivity contribution is -0.143. The van der Waals surface area contributed by atoms with Crippen LogP contribution in [0.4, 0.5) is 0 Å². The Hall–Kier alpha value is -1.43. The van der Waals surface area contributed by atoms with E-state index < -0.39 is 12.0 Å². The van der Waals surface area contributed by atoms with Crippen molar-refractivity contribution in [3.05, 3.63) is 16.1 Å². The summed E-state index contributed by atoms with van der Waals surface area (Å²) in [7, 11) is 1.31. The molecule has 0 aliphatic heterocycles. The first-order valence-corrected chi connectivity index (χ1v) is 6.62. The highest BCUT2D eigenvalue weighted by Crippen LogP contribution is 2.10. The van der Waals surface area contributed by atoms with E-state index in [0.29, 0.717) is 12.1 Å². The number of nitrogens with zero attached hydrogens (tertiary/aromatic N) is 1. The van der Waals surface area contributed by atoms with Crippen LogP contribution in [0.1, 0.15) is 35.8 Å². The van der Waals surface area contributed by atoms with Gasteiger partial charge in [-0.2, -0.15) is 0 Å². The van der Waals surface area contributed by atoms with Crippen molar-refractivity contribution in [3.63, 3.8) is 0 Å². The predicted octanol–water partition coefficient (Wildman–Crippen LogP) is 1.77. The molecule has 0 aliphatic rings. The molecule has 1 rings (SSSR count). The van der Waals surface area contributed by atoms with E-state index in [4.69, 9.17) is 0 Å². The van der Waals surface area contributed by atoms with Crippen LogP contribution >= 0.6 is 11.3 Å². The van der Waals surface area contributed by atoms with Crippen LogP contribution in [0.25, 0.3) is 0 Å². The van der Waals surface area contributed by atoms with Crippen LogP contribution in [0.5, 0.6) is 0 Å². The van der Waals surface area contributed by atoms with Crippen molar-refractivity contribution in [1.29, 1.82) is 0 Å². The molecule has 0 aliphatic carbocycles. The van der Waals surface area contributed by atoms with Gasteiger partial charge in [0.25, 0.3) is 5.91 Å². The van der Waals surface area contributed by atoms with Crippen molar-refractivity contribution < 1.29 is 14.3 Å². The van der Waals surface area contributed by atoms with Crippen molar-refractivity contribution in [1.82, 2.24) is 10.3 Å². The third kappa shape index (κ3) is 4.10. The van der Waals surface area contributed by atoms with Gasteiger partial charge in [-0.1, -0.05) is 13.8 Å². The van der Waals surface area contributed by atoms with Crippen LogP contribution in [-0.2, 0) is 9.53 Å². The molecule has 0 spiro atoms. The second-order valence-corrected chi connectivity index (χ2v) is 5.49. The summed E-state index contributed by atoms with van der Waals surface area (Å²) in [4.78, 5) is 27.5. The summed E-state index contributed by atoms with van der Waals surface area (Å²) in [6.45, 7) is 5.79. The fourth-order valence-electron chi connectivity index (χ4n) is 1.53. The summed E-state index contributed by atoms with van der Waals surface area (Å²) in [5.74, 6) is -0.481. The van der Waals surface area contributed by atoms with Crippen LogP contribution < -0.4 is 5.32 Å². The first kappa shape index (κ1) is 14.6. The minimum absolute atomic E-state index is 0.284. The summed E-state index contributed by atoms with van der Waals surface area (Å²) < 4.78 is 4.68. The Bertz CT molecular complexity index is 429. The molecule has 0 saturated carbocycles. The molecule has 6 heteroatoms. The summed E-state index contributed by atoms with van der Waals surface area (Å²) in [6.07, 6.45) is 0.543. The van der Waals surface area contributed by atoms with Crippen molar-refractivity contribution in [2.75, 3.05) is 7.11 Å². The molecular formula is C12H18N2O3S. The number of hydrogen-bond acceptors (Lipinski definition) is 5. The van der Waals surface area contributed by atoms with E-state index >= 15 is 0 Å². The van der Waals surface area contributed by atoms with Crippen LogP contribution in [-0.4, -0.2) is 30.0 Å². The second-order valence-electron chi connectivity index (χ2n) is 4.43. The largest absolute Gasteiger partial charge is 0.467 e. The topological polar surface area (TPSA) is 68.3 Å². The van der Waals surface area contributed by atoms with Gasteiger partial charge in [0, 0.05) is 5.38 Å². The zero-order valence-electron chi connectivity index (χ0n) is 11.0. The Morgan fingerprint density at radius 1 is 1.50 bits per heavy atom. The van der Waals surface area contributed by atoms with Gasteiger partial charge >= 0.3 is 5.97 Å². The van der Waals surface area contributed by atoms with Gasteiger partial charge in [-0.25, -0.2) is 9.78 Å². The van der Waals surface area contributed by atoms with Gasteiger partial charge in [0.05, 0.1) is 12.1 Å². The molecule has 1 atom stereocenters. The van der Waals surface area contributed by atoms with Crippen LogP contribution in [0.15, 0.2) is 5.38 Å². The van der Waals surface area contributed by atoms with E-state index in [1.807, 2.05) is 20.8 Å². The molecule has 5 nitrogen and oxygen atoms in total. The molecule has 0 saturated heterocycles. The van der Waals surface area contributed by atoms with Gasteiger partial charge in [-0.15, -0.1) is 11.3 Å². The number of esters is 1. The fraction of sp³-hybridized carbons (Fsp3) is 0.583. The van der Waals surface area contributed by atoms with Gasteiger partial charge in [0.1, 0.15) is 11.7 Å². The molecule has 1 amide bonds. The Labute approximate surface area is 111 Å². The van der Waals surface area contributed by atoms with E-state index in [-0.39, 0.29) is 11.8 Å². The maximum Gasteiger partial charge on any atom is 0.328 e. The number of carbonyl (C=O) groups excluding carboxylic acids is 2. The monoisotopic (exact) mass is 270 g/mol. The molecule has 1 unspecified atom stereocenters. The van der Waals surface area contributed by atoms with Crippen LogP contribution in [0.2, 0.25) is 0 Å². The van der Waals surface area contributed by atoms with Crippen LogP contribution in [0.3, 0.4) is 0 Å². The summed E-state index contributed by atoms with van der Waals surface area (Å²) in [5.41, 5.74) is 0.343. The van der Waals surface area contributed by atoms with E-state index in [1.54, 1.807) is 5.38 Å². The Kier molecular flexibility index (Phi) is 5.27. The van der Waals surface area contributed by atoms with Gasteiger partial charge in [-0.3, -0.25) is 4.79 Å². The van der Waals surface area contributed by atoms with Crippen molar-refractivity contribution in [2.45, 2.75) is 33.2 Å². The number of aromatic nitrogens is 1. The van der Waals surface area contributed by atoms with E-state index in [1.165, 1.54) is 18.4 Å². The second kappa shape index (κ2) is 6.49. The average molecular weight is 270 g/mol. The number of methoxy groups -OCH3 is 1. The van der Waals surface area contributed by atoms with Gasteiger partial charge in [0.2, 0.25) is 0 Å². The molecule has 18 heavy (non-hydrogen) atoms. The molecular weight excluding hydrogens is 252 g/mol. The lowest BCUT2D eigenvalue weighted by Gasteiger charge is -2.17. The highest BCUT2D eigenvalue weighted by atomic mass is 32.1. The molecule has 1 aromatic heterocycles. The van der Waals surface area contributed by atoms with Crippen molar-refractivity contribution >= 4 is 23.2 Å². The maximum atomic E-state index is 11.9. The van der Waals surface area contributed by atoms with Gasteiger partial charge in [-0.05, 0) is 19.3 Å². The first-order valence-electron chi connectivity index (χ1n) is 5.74. The SMILES string of the molecule is COC(=O)C(CC(C)C)NC(=O)c1csc(C)n1. The molecule has 0 fully saturated rings. The number of carbonyl (C=O) groups is 2. The average Bonchev–Trinajstić information content (AvgIpc) is 2.73. The molecule has 0 aromatic carbocycles. The minimum Gasteiger partial charge on any atom is -0.467 e. The summed E-state index contributed by atoms with van der Waals surface area (Å²) in [6, 6.07) is -0.621. The number of ether oxygens (including phenoxy) is 1. The molecule has 0 bridgehead atoms.